The molecule has 0 amide bonds. The second kappa shape index (κ2) is 3.49. The van der Waals surface area contributed by atoms with Crippen molar-refractivity contribution in [2.45, 2.75) is 44.8 Å². The predicted octanol–water partition coefficient (Wildman–Crippen LogP) is 3.30. The third-order valence-electron chi connectivity index (χ3n) is 4.04. The molecule has 2 heteroatoms. The maximum atomic E-state index is 5.32. The van der Waals surface area contributed by atoms with Crippen LogP contribution in [-0.2, 0) is 0 Å². The summed E-state index contributed by atoms with van der Waals surface area (Å²) in [6.07, 6.45) is 2.63. The third kappa shape index (κ3) is 1.23. The van der Waals surface area contributed by atoms with Crippen LogP contribution in [0.2, 0.25) is 0 Å². The van der Waals surface area contributed by atoms with Gasteiger partial charge in [0, 0.05) is 18.1 Å². The molecule has 1 aromatic rings. The topological polar surface area (TPSA) is 12.5 Å². The summed E-state index contributed by atoms with van der Waals surface area (Å²) in [5.41, 5.74) is 3.04. The van der Waals surface area contributed by atoms with E-state index in [1.165, 1.54) is 24.0 Å². The molecule has 86 valence electrons. The lowest BCUT2D eigenvalue weighted by molar-refractivity contribution is 0.174. The van der Waals surface area contributed by atoms with E-state index in [1.807, 2.05) is 0 Å². The Hall–Kier alpha value is -1.02. The molecule has 0 aliphatic carbocycles. The summed E-state index contributed by atoms with van der Waals surface area (Å²) in [5, 5.41) is 0. The number of fused-ring (bicyclic) bond motifs is 5. The van der Waals surface area contributed by atoms with Gasteiger partial charge < -0.3 is 4.74 Å². The minimum Gasteiger partial charge on any atom is -0.497 e. The number of hydrogen-bond donors (Lipinski definition) is 0. The Labute approximate surface area is 97.2 Å². The lowest BCUT2D eigenvalue weighted by atomic mass is 9.92. The fraction of sp³-hybridized carbons (Fsp3) is 0.571. The van der Waals surface area contributed by atoms with E-state index in [1.54, 1.807) is 7.11 Å². The highest BCUT2D eigenvalue weighted by Gasteiger charge is 2.44. The molecule has 1 aromatic carbocycles. The van der Waals surface area contributed by atoms with Crippen molar-refractivity contribution >= 4 is 0 Å². The first-order valence-corrected chi connectivity index (χ1v) is 6.17. The van der Waals surface area contributed by atoms with E-state index < -0.39 is 0 Å². The first-order valence-electron chi connectivity index (χ1n) is 6.17. The zero-order valence-corrected chi connectivity index (χ0v) is 10.2. The van der Waals surface area contributed by atoms with Gasteiger partial charge in [0.15, 0.2) is 0 Å². The predicted molar refractivity (Wildman–Crippen MR) is 64.7 cm³/mol. The van der Waals surface area contributed by atoms with Crippen molar-refractivity contribution in [1.29, 1.82) is 0 Å². The molecule has 0 radical (unpaired) electrons. The van der Waals surface area contributed by atoms with E-state index in [9.17, 15) is 0 Å². The first-order chi connectivity index (χ1) is 7.72. The van der Waals surface area contributed by atoms with Crippen LogP contribution in [0.3, 0.4) is 0 Å². The minimum absolute atomic E-state index is 0.634. The molecule has 2 aliphatic heterocycles. The summed E-state index contributed by atoms with van der Waals surface area (Å²) < 4.78 is 5.32. The van der Waals surface area contributed by atoms with Crippen LogP contribution in [0.1, 0.15) is 49.9 Å². The third-order valence-corrected chi connectivity index (χ3v) is 4.04. The van der Waals surface area contributed by atoms with Crippen LogP contribution in [-0.4, -0.2) is 18.1 Å². The number of hydrogen-bond acceptors (Lipinski definition) is 2. The molecule has 3 rings (SSSR count). The summed E-state index contributed by atoms with van der Waals surface area (Å²) >= 11 is 0. The highest BCUT2D eigenvalue weighted by atomic mass is 16.5. The van der Waals surface area contributed by atoms with Gasteiger partial charge in [-0.3, -0.25) is 4.90 Å². The molecule has 0 saturated carbocycles. The largest absolute Gasteiger partial charge is 0.497 e. The SMILES string of the molecule is COc1ccc2c(c1)[C@H]1CC[C@@H]2N1C(C)C. The van der Waals surface area contributed by atoms with Crippen LogP contribution in [0.15, 0.2) is 18.2 Å². The van der Waals surface area contributed by atoms with E-state index in [0.717, 1.165) is 5.75 Å². The van der Waals surface area contributed by atoms with Gasteiger partial charge >= 0.3 is 0 Å². The van der Waals surface area contributed by atoms with Crippen molar-refractivity contribution in [2.75, 3.05) is 7.11 Å². The van der Waals surface area contributed by atoms with Crippen molar-refractivity contribution in [3.05, 3.63) is 29.3 Å². The second-order valence-corrected chi connectivity index (χ2v) is 5.14. The Morgan fingerprint density at radius 1 is 1.19 bits per heavy atom. The van der Waals surface area contributed by atoms with Gasteiger partial charge in [0.05, 0.1) is 7.11 Å². The average molecular weight is 217 g/mol. The molecule has 1 saturated heterocycles. The van der Waals surface area contributed by atoms with Crippen LogP contribution in [0, 0.1) is 0 Å². The van der Waals surface area contributed by atoms with Gasteiger partial charge in [-0.2, -0.15) is 0 Å². The molecule has 2 aliphatic rings. The Kier molecular flexibility index (Phi) is 2.21. The van der Waals surface area contributed by atoms with Gasteiger partial charge in [-0.25, -0.2) is 0 Å². The number of rotatable bonds is 2. The zero-order valence-electron chi connectivity index (χ0n) is 10.2. The van der Waals surface area contributed by atoms with E-state index in [-0.39, 0.29) is 0 Å². The van der Waals surface area contributed by atoms with Gasteiger partial charge in [-0.1, -0.05) is 6.07 Å². The van der Waals surface area contributed by atoms with Crippen molar-refractivity contribution in [2.24, 2.45) is 0 Å². The zero-order chi connectivity index (χ0) is 11.3. The van der Waals surface area contributed by atoms with Crippen LogP contribution < -0.4 is 4.74 Å². The average Bonchev–Trinajstić information content (AvgIpc) is 2.84. The Balaban J connectivity index is 2.05. The number of benzene rings is 1. The van der Waals surface area contributed by atoms with Gasteiger partial charge in [0.25, 0.3) is 0 Å². The molecule has 2 bridgehead atoms. The lowest BCUT2D eigenvalue weighted by Gasteiger charge is -2.26. The van der Waals surface area contributed by atoms with Crippen molar-refractivity contribution < 1.29 is 4.74 Å². The van der Waals surface area contributed by atoms with Crippen molar-refractivity contribution in [3.8, 4) is 5.75 Å². The number of methoxy groups -OCH3 is 1. The van der Waals surface area contributed by atoms with E-state index in [2.05, 4.69) is 36.9 Å². The Morgan fingerprint density at radius 3 is 2.50 bits per heavy atom. The highest BCUT2D eigenvalue weighted by molar-refractivity contribution is 5.45. The van der Waals surface area contributed by atoms with Gasteiger partial charge in [0.2, 0.25) is 0 Å². The number of ether oxygens (including phenoxy) is 1. The van der Waals surface area contributed by atoms with Crippen LogP contribution >= 0.6 is 0 Å². The molecule has 0 aromatic heterocycles. The molecule has 0 spiro atoms. The van der Waals surface area contributed by atoms with E-state index in [0.29, 0.717) is 18.1 Å². The molecule has 1 fully saturated rings. The van der Waals surface area contributed by atoms with Crippen LogP contribution in [0.5, 0.6) is 5.75 Å². The minimum atomic E-state index is 0.634. The van der Waals surface area contributed by atoms with Crippen molar-refractivity contribution in [3.63, 3.8) is 0 Å². The molecule has 2 heterocycles. The molecule has 16 heavy (non-hydrogen) atoms. The maximum absolute atomic E-state index is 5.32. The lowest BCUT2D eigenvalue weighted by Crippen LogP contribution is -2.27. The summed E-state index contributed by atoms with van der Waals surface area (Å²) in [4.78, 5) is 2.66. The van der Waals surface area contributed by atoms with Crippen molar-refractivity contribution in [1.82, 2.24) is 4.90 Å². The molecular formula is C14H19NO. The first kappa shape index (κ1) is 10.2. The summed E-state index contributed by atoms with van der Waals surface area (Å²) in [6.45, 7) is 4.60. The molecule has 2 nitrogen and oxygen atoms in total. The fourth-order valence-corrected chi connectivity index (χ4v) is 3.45. The standard InChI is InChI=1S/C14H19NO/c1-9(2)15-13-6-7-14(15)12-8-10(16-3)4-5-11(12)13/h4-5,8-9,13-14H,6-7H2,1-3H3/t13-,14+/m0/s1. The monoisotopic (exact) mass is 217 g/mol. The quantitative estimate of drug-likeness (QED) is 0.753. The Bertz CT molecular complexity index is 413. The van der Waals surface area contributed by atoms with Gasteiger partial charge in [-0.15, -0.1) is 0 Å². The molecule has 2 atom stereocenters. The van der Waals surface area contributed by atoms with Crippen LogP contribution in [0.4, 0.5) is 0 Å². The molecule has 0 unspecified atom stereocenters. The molecule has 0 N–H and O–H groups in total. The highest BCUT2D eigenvalue weighted by Crippen LogP contribution is 2.54. The fourth-order valence-electron chi connectivity index (χ4n) is 3.45. The Morgan fingerprint density at radius 2 is 1.88 bits per heavy atom. The summed E-state index contributed by atoms with van der Waals surface area (Å²) in [7, 11) is 1.75. The smallest absolute Gasteiger partial charge is 0.119 e. The van der Waals surface area contributed by atoms with E-state index >= 15 is 0 Å². The van der Waals surface area contributed by atoms with E-state index in [4.69, 9.17) is 4.74 Å². The van der Waals surface area contributed by atoms with Gasteiger partial charge in [-0.05, 0) is 49.9 Å². The van der Waals surface area contributed by atoms with Gasteiger partial charge in [0.1, 0.15) is 5.75 Å². The summed E-state index contributed by atoms with van der Waals surface area (Å²) in [5.74, 6) is 0.995. The summed E-state index contributed by atoms with van der Waals surface area (Å²) in [6, 6.07) is 8.51. The second-order valence-electron chi connectivity index (χ2n) is 5.14. The maximum Gasteiger partial charge on any atom is 0.119 e. The van der Waals surface area contributed by atoms with Crippen LogP contribution in [0.25, 0.3) is 0 Å². The molecular weight excluding hydrogens is 198 g/mol. The normalized spacial score (nSPS) is 27.5. The number of nitrogens with zero attached hydrogens (tertiary/aromatic N) is 1.